The second kappa shape index (κ2) is 5.80. The summed E-state index contributed by atoms with van der Waals surface area (Å²) in [5, 5.41) is 13.1. The molecule has 2 aliphatic carbocycles. The highest BCUT2D eigenvalue weighted by Gasteiger charge is 2.38. The van der Waals surface area contributed by atoms with Crippen LogP contribution in [-0.4, -0.2) is 47.2 Å². The van der Waals surface area contributed by atoms with Crippen LogP contribution in [0, 0.1) is 5.92 Å². The van der Waals surface area contributed by atoms with E-state index in [9.17, 15) is 9.90 Å². The normalized spacial score (nSPS) is 35.7. The minimum Gasteiger partial charge on any atom is -0.393 e. The van der Waals surface area contributed by atoms with E-state index in [1.165, 1.54) is 19.3 Å². The molecule has 3 rings (SSSR count). The van der Waals surface area contributed by atoms with Gasteiger partial charge in [0.1, 0.15) is 0 Å². The van der Waals surface area contributed by atoms with Gasteiger partial charge in [-0.2, -0.15) is 0 Å². The molecule has 1 aliphatic heterocycles. The van der Waals surface area contributed by atoms with Crippen LogP contribution in [0.4, 0.5) is 0 Å². The van der Waals surface area contributed by atoms with Gasteiger partial charge in [0.2, 0.25) is 5.91 Å². The van der Waals surface area contributed by atoms with Gasteiger partial charge in [-0.05, 0) is 45.1 Å². The summed E-state index contributed by atoms with van der Waals surface area (Å²) in [5.41, 5.74) is 0. The molecule has 108 valence electrons. The summed E-state index contributed by atoms with van der Waals surface area (Å²) in [6.07, 6.45) is 8.55. The highest BCUT2D eigenvalue weighted by Crippen LogP contribution is 2.35. The van der Waals surface area contributed by atoms with Crippen molar-refractivity contribution in [1.82, 2.24) is 10.2 Å². The Hall–Kier alpha value is -0.610. The van der Waals surface area contributed by atoms with Crippen LogP contribution >= 0.6 is 0 Å². The van der Waals surface area contributed by atoms with Gasteiger partial charge in [-0.25, -0.2) is 0 Å². The Balaban J connectivity index is 1.47. The van der Waals surface area contributed by atoms with Crippen LogP contribution < -0.4 is 5.32 Å². The molecule has 3 aliphatic rings. The van der Waals surface area contributed by atoms with E-state index in [1.807, 2.05) is 0 Å². The zero-order valence-electron chi connectivity index (χ0n) is 11.7. The highest BCUT2D eigenvalue weighted by molar-refractivity contribution is 5.76. The molecule has 0 aromatic rings. The van der Waals surface area contributed by atoms with Gasteiger partial charge in [0.05, 0.1) is 6.10 Å². The van der Waals surface area contributed by atoms with Crippen molar-refractivity contribution >= 4 is 5.91 Å². The first-order valence-corrected chi connectivity index (χ1v) is 7.95. The molecule has 0 aromatic carbocycles. The molecular formula is C15H26N2O2. The number of hydrogen-bond donors (Lipinski definition) is 2. The van der Waals surface area contributed by atoms with Crippen LogP contribution in [0.5, 0.6) is 0 Å². The van der Waals surface area contributed by atoms with Crippen LogP contribution in [0.1, 0.15) is 51.4 Å². The first-order valence-electron chi connectivity index (χ1n) is 7.95. The number of nitrogens with zero attached hydrogens (tertiary/aromatic N) is 1. The van der Waals surface area contributed by atoms with Crippen LogP contribution in [0.2, 0.25) is 0 Å². The third kappa shape index (κ3) is 3.29. The van der Waals surface area contributed by atoms with Crippen LogP contribution in [0.15, 0.2) is 0 Å². The molecule has 0 spiro atoms. The van der Waals surface area contributed by atoms with Crippen LogP contribution in [0.25, 0.3) is 0 Å². The van der Waals surface area contributed by atoms with E-state index in [4.69, 9.17) is 0 Å². The largest absolute Gasteiger partial charge is 0.393 e. The highest BCUT2D eigenvalue weighted by atomic mass is 16.3. The van der Waals surface area contributed by atoms with Crippen LogP contribution in [-0.2, 0) is 4.79 Å². The molecule has 1 heterocycles. The lowest BCUT2D eigenvalue weighted by atomic mass is 9.94. The maximum atomic E-state index is 11.8. The number of likely N-dealkylation sites (tertiary alicyclic amines) is 1. The molecule has 4 heteroatoms. The van der Waals surface area contributed by atoms with Crippen molar-refractivity contribution in [3.05, 3.63) is 0 Å². The summed E-state index contributed by atoms with van der Waals surface area (Å²) in [5.74, 6) is 0.661. The quantitative estimate of drug-likeness (QED) is 0.788. The van der Waals surface area contributed by atoms with Gasteiger partial charge in [-0.15, -0.1) is 0 Å². The molecule has 1 saturated heterocycles. The molecule has 0 bridgehead atoms. The Bertz CT molecular complexity index is 330. The fourth-order valence-corrected chi connectivity index (χ4v) is 3.81. The fourth-order valence-electron chi connectivity index (χ4n) is 3.81. The molecule has 3 atom stereocenters. The van der Waals surface area contributed by atoms with Gasteiger partial charge in [0.15, 0.2) is 0 Å². The van der Waals surface area contributed by atoms with E-state index in [-0.39, 0.29) is 12.0 Å². The van der Waals surface area contributed by atoms with Crippen molar-refractivity contribution in [3.63, 3.8) is 0 Å². The minimum absolute atomic E-state index is 0.106. The molecule has 3 unspecified atom stereocenters. The average Bonchev–Trinajstić information content (AvgIpc) is 2.91. The predicted molar refractivity (Wildman–Crippen MR) is 73.7 cm³/mol. The number of aliphatic hydroxyl groups is 1. The molecular weight excluding hydrogens is 240 g/mol. The Morgan fingerprint density at radius 3 is 2.68 bits per heavy atom. The molecule has 4 nitrogen and oxygen atoms in total. The summed E-state index contributed by atoms with van der Waals surface area (Å²) in [4.78, 5) is 14.2. The predicted octanol–water partition coefficient (Wildman–Crippen LogP) is 1.28. The van der Waals surface area contributed by atoms with E-state index in [2.05, 4.69) is 10.2 Å². The Labute approximate surface area is 115 Å². The van der Waals surface area contributed by atoms with Crippen molar-refractivity contribution in [2.24, 2.45) is 5.92 Å². The molecule has 0 aromatic heterocycles. The smallest absolute Gasteiger partial charge is 0.221 e. The molecule has 1 amide bonds. The summed E-state index contributed by atoms with van der Waals surface area (Å²) in [6, 6.07) is 0.991. The van der Waals surface area contributed by atoms with E-state index in [0.29, 0.717) is 24.4 Å². The van der Waals surface area contributed by atoms with E-state index < -0.39 is 0 Å². The van der Waals surface area contributed by atoms with Gasteiger partial charge in [0.25, 0.3) is 0 Å². The van der Waals surface area contributed by atoms with E-state index >= 15 is 0 Å². The number of rotatable bonds is 5. The van der Waals surface area contributed by atoms with E-state index in [1.54, 1.807) is 0 Å². The number of nitrogens with one attached hydrogen (secondary N) is 1. The zero-order valence-corrected chi connectivity index (χ0v) is 11.7. The zero-order chi connectivity index (χ0) is 13.2. The fraction of sp³-hybridized carbons (Fsp3) is 0.933. The second-order valence-electron chi connectivity index (χ2n) is 6.50. The molecule has 19 heavy (non-hydrogen) atoms. The number of amides is 1. The summed E-state index contributed by atoms with van der Waals surface area (Å²) < 4.78 is 0. The molecule has 3 fully saturated rings. The minimum atomic E-state index is -0.106. The maximum Gasteiger partial charge on any atom is 0.221 e. The standard InChI is InChI=1S/C15H26N2O2/c18-14-5-1-3-12(14)13-4-2-9-17(13)10-8-15(19)16-11-6-7-11/h11-14,18H,1-10H2,(H,16,19). The van der Waals surface area contributed by atoms with Gasteiger partial charge in [-0.1, -0.05) is 6.42 Å². The van der Waals surface area contributed by atoms with E-state index in [0.717, 1.165) is 38.8 Å². The van der Waals surface area contributed by atoms with Gasteiger partial charge < -0.3 is 10.4 Å². The van der Waals surface area contributed by atoms with Gasteiger partial charge in [-0.3, -0.25) is 9.69 Å². The third-order valence-corrected chi connectivity index (χ3v) is 5.01. The Morgan fingerprint density at radius 2 is 2.00 bits per heavy atom. The number of carbonyl (C=O) groups is 1. The van der Waals surface area contributed by atoms with Crippen molar-refractivity contribution in [3.8, 4) is 0 Å². The Kier molecular flexibility index (Phi) is 4.08. The summed E-state index contributed by atoms with van der Waals surface area (Å²) in [7, 11) is 0. The van der Waals surface area contributed by atoms with Gasteiger partial charge in [0, 0.05) is 31.0 Å². The third-order valence-electron chi connectivity index (χ3n) is 5.01. The molecule has 2 saturated carbocycles. The van der Waals surface area contributed by atoms with Crippen molar-refractivity contribution < 1.29 is 9.90 Å². The van der Waals surface area contributed by atoms with Crippen molar-refractivity contribution in [2.75, 3.05) is 13.1 Å². The first-order chi connectivity index (χ1) is 9.24. The SMILES string of the molecule is O=C(CCN1CCCC1C1CCCC1O)NC1CC1. The average molecular weight is 266 g/mol. The lowest BCUT2D eigenvalue weighted by Gasteiger charge is -2.31. The van der Waals surface area contributed by atoms with Crippen molar-refractivity contribution in [2.45, 2.75) is 69.6 Å². The second-order valence-corrected chi connectivity index (χ2v) is 6.50. The molecule has 0 radical (unpaired) electrons. The first kappa shape index (κ1) is 13.4. The lowest BCUT2D eigenvalue weighted by molar-refractivity contribution is -0.121. The number of carbonyl (C=O) groups excluding carboxylic acids is 1. The summed E-state index contributed by atoms with van der Waals surface area (Å²) in [6.45, 7) is 1.97. The summed E-state index contributed by atoms with van der Waals surface area (Å²) >= 11 is 0. The Morgan fingerprint density at radius 1 is 1.16 bits per heavy atom. The number of aliphatic hydroxyl groups excluding tert-OH is 1. The van der Waals surface area contributed by atoms with Crippen molar-refractivity contribution in [1.29, 1.82) is 0 Å². The maximum absolute atomic E-state index is 11.8. The monoisotopic (exact) mass is 266 g/mol. The molecule has 2 N–H and O–H groups in total. The lowest BCUT2D eigenvalue weighted by Crippen LogP contribution is -2.40. The topological polar surface area (TPSA) is 52.6 Å². The number of hydrogen-bond acceptors (Lipinski definition) is 3. The van der Waals surface area contributed by atoms with Crippen LogP contribution in [0.3, 0.4) is 0 Å². The van der Waals surface area contributed by atoms with Gasteiger partial charge >= 0.3 is 0 Å².